The molecule has 1 unspecified atom stereocenters. The number of nitrogens with zero attached hydrogens (tertiary/aromatic N) is 1. The lowest BCUT2D eigenvalue weighted by Crippen LogP contribution is -2.51. The Labute approximate surface area is 92.7 Å². The maximum atomic E-state index is 11.6. The molecule has 4 N–H and O–H groups in total. The largest absolute Gasteiger partial charge is 0.480 e. The third-order valence-corrected chi connectivity index (χ3v) is 2.63. The third-order valence-electron chi connectivity index (χ3n) is 2.63. The van der Waals surface area contributed by atoms with Gasteiger partial charge in [-0.05, 0) is 12.8 Å². The first-order valence-corrected chi connectivity index (χ1v) is 5.11. The zero-order valence-electron chi connectivity index (χ0n) is 8.80. The average molecular weight is 232 g/mol. The minimum Gasteiger partial charge on any atom is -0.480 e. The van der Waals surface area contributed by atoms with Crippen LogP contribution in [-0.2, 0) is 4.79 Å². The predicted molar refractivity (Wildman–Crippen MR) is 53.9 cm³/mol. The molecule has 0 aliphatic carbocycles. The van der Waals surface area contributed by atoms with Crippen LogP contribution in [0.4, 0.5) is 4.79 Å². The molecule has 0 aromatic heterocycles. The molecule has 1 fully saturated rings. The van der Waals surface area contributed by atoms with Crippen LogP contribution in [0.1, 0.15) is 12.8 Å². The number of urea groups is 1. The number of carboxylic acid groups (broad SMARTS) is 1. The molecule has 0 aromatic rings. The van der Waals surface area contributed by atoms with E-state index in [9.17, 15) is 9.59 Å². The molecule has 1 rings (SSSR count). The maximum absolute atomic E-state index is 11.6. The number of aliphatic hydroxyl groups excluding tert-OH is 2. The Morgan fingerprint density at radius 2 is 2.12 bits per heavy atom. The molecular formula is C9H16N2O5. The van der Waals surface area contributed by atoms with Crippen molar-refractivity contribution in [1.29, 1.82) is 0 Å². The van der Waals surface area contributed by atoms with Crippen molar-refractivity contribution in [3.8, 4) is 0 Å². The summed E-state index contributed by atoms with van der Waals surface area (Å²) >= 11 is 0. The Morgan fingerprint density at radius 3 is 2.62 bits per heavy atom. The zero-order chi connectivity index (χ0) is 12.1. The summed E-state index contributed by atoms with van der Waals surface area (Å²) in [4.78, 5) is 23.6. The number of hydrogen-bond acceptors (Lipinski definition) is 4. The molecule has 7 nitrogen and oxygen atoms in total. The number of amides is 2. The summed E-state index contributed by atoms with van der Waals surface area (Å²) in [6.07, 6.45) is 1.50. The van der Waals surface area contributed by atoms with Crippen LogP contribution < -0.4 is 5.32 Å². The van der Waals surface area contributed by atoms with Crippen LogP contribution in [0.3, 0.4) is 0 Å². The van der Waals surface area contributed by atoms with Crippen LogP contribution in [0.15, 0.2) is 0 Å². The molecule has 1 saturated heterocycles. The van der Waals surface area contributed by atoms with E-state index in [1.54, 1.807) is 0 Å². The molecule has 0 aromatic carbocycles. The van der Waals surface area contributed by atoms with Gasteiger partial charge in [-0.2, -0.15) is 0 Å². The molecule has 16 heavy (non-hydrogen) atoms. The molecule has 92 valence electrons. The molecular weight excluding hydrogens is 216 g/mol. The SMILES string of the molecule is O=C(O)[C@H](CO)NC(=O)N1CCCC1CO. The van der Waals surface area contributed by atoms with Crippen LogP contribution in [0.5, 0.6) is 0 Å². The fourth-order valence-electron chi connectivity index (χ4n) is 1.71. The lowest BCUT2D eigenvalue weighted by molar-refractivity contribution is -0.140. The van der Waals surface area contributed by atoms with E-state index in [4.69, 9.17) is 15.3 Å². The normalized spacial score (nSPS) is 21.9. The van der Waals surface area contributed by atoms with Crippen molar-refractivity contribution >= 4 is 12.0 Å². The zero-order valence-corrected chi connectivity index (χ0v) is 8.80. The lowest BCUT2D eigenvalue weighted by atomic mass is 10.2. The van der Waals surface area contributed by atoms with E-state index in [1.165, 1.54) is 4.90 Å². The molecule has 2 amide bonds. The predicted octanol–water partition coefficient (Wildman–Crippen LogP) is -1.40. The topological polar surface area (TPSA) is 110 Å². The highest BCUT2D eigenvalue weighted by atomic mass is 16.4. The first kappa shape index (κ1) is 12.7. The van der Waals surface area contributed by atoms with E-state index in [0.29, 0.717) is 13.0 Å². The Morgan fingerprint density at radius 1 is 1.44 bits per heavy atom. The second-order valence-electron chi connectivity index (χ2n) is 3.69. The number of hydrogen-bond donors (Lipinski definition) is 4. The first-order valence-electron chi connectivity index (χ1n) is 5.11. The van der Waals surface area contributed by atoms with Gasteiger partial charge in [-0.3, -0.25) is 0 Å². The number of aliphatic hydroxyl groups is 2. The minimum atomic E-state index is -1.30. The number of carboxylic acids is 1. The van der Waals surface area contributed by atoms with E-state index >= 15 is 0 Å². The van der Waals surface area contributed by atoms with Crippen LogP contribution >= 0.6 is 0 Å². The lowest BCUT2D eigenvalue weighted by Gasteiger charge is -2.24. The van der Waals surface area contributed by atoms with Crippen LogP contribution in [0, 0.1) is 0 Å². The second-order valence-corrected chi connectivity index (χ2v) is 3.69. The summed E-state index contributed by atoms with van der Waals surface area (Å²) in [6, 6.07) is -2.11. The van der Waals surface area contributed by atoms with Gasteiger partial charge in [-0.1, -0.05) is 0 Å². The van der Waals surface area contributed by atoms with Crippen molar-refractivity contribution in [1.82, 2.24) is 10.2 Å². The molecule has 1 heterocycles. The van der Waals surface area contributed by atoms with Gasteiger partial charge in [0.1, 0.15) is 0 Å². The summed E-state index contributed by atoms with van der Waals surface area (Å²) in [5.74, 6) is -1.28. The van der Waals surface area contributed by atoms with Gasteiger partial charge in [0.2, 0.25) is 0 Å². The molecule has 0 bridgehead atoms. The third kappa shape index (κ3) is 2.83. The van der Waals surface area contributed by atoms with E-state index in [1.807, 2.05) is 0 Å². The number of carbonyl (C=O) groups excluding carboxylic acids is 1. The highest BCUT2D eigenvalue weighted by Gasteiger charge is 2.30. The van der Waals surface area contributed by atoms with Crippen molar-refractivity contribution in [3.05, 3.63) is 0 Å². The summed E-state index contributed by atoms with van der Waals surface area (Å²) in [5.41, 5.74) is 0. The maximum Gasteiger partial charge on any atom is 0.328 e. The van der Waals surface area contributed by atoms with Gasteiger partial charge in [0, 0.05) is 6.54 Å². The van der Waals surface area contributed by atoms with Crippen LogP contribution in [0.2, 0.25) is 0 Å². The fourth-order valence-corrected chi connectivity index (χ4v) is 1.71. The summed E-state index contributed by atoms with van der Waals surface area (Å²) in [5, 5.41) is 28.6. The molecule has 7 heteroatoms. The number of likely N-dealkylation sites (tertiary alicyclic amines) is 1. The van der Waals surface area contributed by atoms with Crippen LogP contribution in [0.25, 0.3) is 0 Å². The minimum absolute atomic E-state index is 0.135. The Kier molecular flexibility index (Phi) is 4.51. The Balaban J connectivity index is 2.54. The quantitative estimate of drug-likeness (QED) is 0.476. The highest BCUT2D eigenvalue weighted by Crippen LogP contribution is 2.16. The average Bonchev–Trinajstić information content (AvgIpc) is 2.72. The van der Waals surface area contributed by atoms with Gasteiger partial charge >= 0.3 is 12.0 Å². The van der Waals surface area contributed by atoms with Crippen molar-refractivity contribution in [2.24, 2.45) is 0 Å². The van der Waals surface area contributed by atoms with Gasteiger partial charge in [-0.15, -0.1) is 0 Å². The van der Waals surface area contributed by atoms with Gasteiger partial charge in [0.15, 0.2) is 6.04 Å². The van der Waals surface area contributed by atoms with E-state index in [2.05, 4.69) is 5.32 Å². The van der Waals surface area contributed by atoms with Gasteiger partial charge in [0.25, 0.3) is 0 Å². The number of nitrogens with one attached hydrogen (secondary N) is 1. The number of carbonyl (C=O) groups is 2. The van der Waals surface area contributed by atoms with Gasteiger partial charge in [0.05, 0.1) is 19.3 Å². The van der Waals surface area contributed by atoms with Crippen molar-refractivity contribution in [3.63, 3.8) is 0 Å². The second kappa shape index (κ2) is 5.66. The molecule has 0 saturated carbocycles. The fraction of sp³-hybridized carbons (Fsp3) is 0.778. The Bertz CT molecular complexity index is 271. The standard InChI is InChI=1S/C9H16N2O5/c12-4-6-2-1-3-11(6)9(16)10-7(5-13)8(14)15/h6-7,12-13H,1-5H2,(H,10,16)(H,14,15)/t6?,7-/m0/s1. The highest BCUT2D eigenvalue weighted by molar-refractivity contribution is 5.82. The van der Waals surface area contributed by atoms with Crippen molar-refractivity contribution in [2.45, 2.75) is 24.9 Å². The smallest absolute Gasteiger partial charge is 0.328 e. The van der Waals surface area contributed by atoms with Crippen molar-refractivity contribution in [2.75, 3.05) is 19.8 Å². The monoisotopic (exact) mass is 232 g/mol. The van der Waals surface area contributed by atoms with E-state index in [0.717, 1.165) is 6.42 Å². The van der Waals surface area contributed by atoms with Crippen LogP contribution in [-0.4, -0.2) is 64.1 Å². The molecule has 1 aliphatic rings. The van der Waals surface area contributed by atoms with E-state index < -0.39 is 24.6 Å². The molecule has 2 atom stereocenters. The number of aliphatic carboxylic acids is 1. The first-order chi connectivity index (χ1) is 7.60. The summed E-state index contributed by atoms with van der Waals surface area (Å²) in [6.45, 7) is -0.294. The van der Waals surface area contributed by atoms with E-state index in [-0.39, 0.29) is 12.6 Å². The summed E-state index contributed by atoms with van der Waals surface area (Å²) in [7, 11) is 0. The Hall–Kier alpha value is -1.34. The van der Waals surface area contributed by atoms with Crippen molar-refractivity contribution < 1.29 is 24.9 Å². The molecule has 1 aliphatic heterocycles. The summed E-state index contributed by atoms with van der Waals surface area (Å²) < 4.78 is 0. The number of rotatable bonds is 4. The molecule has 0 spiro atoms. The molecule has 0 radical (unpaired) electrons. The van der Waals surface area contributed by atoms with Gasteiger partial charge < -0.3 is 25.5 Å². The van der Waals surface area contributed by atoms with Gasteiger partial charge in [-0.25, -0.2) is 9.59 Å².